The number of aromatic nitrogens is 2. The molecule has 0 unspecified atom stereocenters. The van der Waals surface area contributed by atoms with Gasteiger partial charge >= 0.3 is 0 Å². The molecule has 1 aliphatic heterocycles. The van der Waals surface area contributed by atoms with Gasteiger partial charge in [-0.1, -0.05) is 0 Å². The molecule has 4 heteroatoms. The highest BCUT2D eigenvalue weighted by molar-refractivity contribution is 5.36. The summed E-state index contributed by atoms with van der Waals surface area (Å²) in [6.07, 6.45) is 3.86. The van der Waals surface area contributed by atoms with Crippen LogP contribution in [0.25, 0.3) is 0 Å². The van der Waals surface area contributed by atoms with Crippen LogP contribution >= 0.6 is 0 Å². The Labute approximate surface area is 78.4 Å². The number of nitrogens with zero attached hydrogens (tertiary/aromatic N) is 3. The average molecular weight is 180 g/mol. The van der Waals surface area contributed by atoms with E-state index in [1.807, 2.05) is 12.4 Å². The molecule has 4 nitrogen and oxygen atoms in total. The Kier molecular flexibility index (Phi) is 2.00. The number of hydrogen-bond acceptors (Lipinski definition) is 3. The fraction of sp³-hybridized carbons (Fsp3) is 0.667. The Morgan fingerprint density at radius 1 is 1.54 bits per heavy atom. The lowest BCUT2D eigenvalue weighted by molar-refractivity contribution is 0.485. The molecule has 1 fully saturated rings. The van der Waals surface area contributed by atoms with Crippen molar-refractivity contribution in [1.29, 1.82) is 0 Å². The van der Waals surface area contributed by atoms with Crippen LogP contribution in [-0.2, 0) is 0 Å². The van der Waals surface area contributed by atoms with E-state index in [1.165, 1.54) is 0 Å². The van der Waals surface area contributed by atoms with Crippen LogP contribution < -0.4 is 10.6 Å². The predicted octanol–water partition coefficient (Wildman–Crippen LogP) is 0.611. The number of nitrogens with two attached hydrogens (primary N) is 1. The van der Waals surface area contributed by atoms with Crippen LogP contribution in [0.2, 0.25) is 0 Å². The SMILES string of the molecule is CC(C)n1ccnc1N1CC(N)C1. The minimum Gasteiger partial charge on any atom is -0.339 e. The van der Waals surface area contributed by atoms with Crippen LogP contribution in [0.3, 0.4) is 0 Å². The molecule has 2 rings (SSSR count). The van der Waals surface area contributed by atoms with Crippen LogP contribution in [0.1, 0.15) is 19.9 Å². The van der Waals surface area contributed by atoms with Gasteiger partial charge < -0.3 is 15.2 Å². The van der Waals surface area contributed by atoms with Crippen molar-refractivity contribution in [1.82, 2.24) is 9.55 Å². The molecule has 1 aromatic heterocycles. The smallest absolute Gasteiger partial charge is 0.205 e. The van der Waals surface area contributed by atoms with E-state index in [-0.39, 0.29) is 0 Å². The second kappa shape index (κ2) is 3.03. The third kappa shape index (κ3) is 1.42. The van der Waals surface area contributed by atoms with Crippen LogP contribution in [0.5, 0.6) is 0 Å². The zero-order valence-corrected chi connectivity index (χ0v) is 8.14. The first-order chi connectivity index (χ1) is 6.18. The van der Waals surface area contributed by atoms with Gasteiger partial charge in [0.15, 0.2) is 0 Å². The van der Waals surface area contributed by atoms with E-state index < -0.39 is 0 Å². The van der Waals surface area contributed by atoms with Gasteiger partial charge in [-0.05, 0) is 13.8 Å². The first-order valence-corrected chi connectivity index (χ1v) is 4.72. The van der Waals surface area contributed by atoms with Crippen molar-refractivity contribution in [3.63, 3.8) is 0 Å². The Balaban J connectivity index is 2.16. The van der Waals surface area contributed by atoms with Crippen LogP contribution in [0.4, 0.5) is 5.95 Å². The maximum absolute atomic E-state index is 5.72. The van der Waals surface area contributed by atoms with Gasteiger partial charge in [-0.2, -0.15) is 0 Å². The molecule has 0 radical (unpaired) electrons. The topological polar surface area (TPSA) is 47.1 Å². The van der Waals surface area contributed by atoms with Crippen molar-refractivity contribution in [2.45, 2.75) is 25.9 Å². The number of hydrogen-bond donors (Lipinski definition) is 1. The summed E-state index contributed by atoms with van der Waals surface area (Å²) in [5, 5.41) is 0. The molecule has 0 aliphatic carbocycles. The summed E-state index contributed by atoms with van der Waals surface area (Å²) in [7, 11) is 0. The standard InChI is InChI=1S/C9H16N4/c1-7(2)13-4-3-11-9(13)12-5-8(10)6-12/h3-4,7-8H,5-6,10H2,1-2H3. The lowest BCUT2D eigenvalue weighted by Crippen LogP contribution is -2.56. The molecule has 1 saturated heterocycles. The lowest BCUT2D eigenvalue weighted by Gasteiger charge is -2.38. The Hall–Kier alpha value is -1.03. The van der Waals surface area contributed by atoms with Gasteiger partial charge in [0, 0.05) is 37.6 Å². The molecule has 0 atom stereocenters. The highest BCUT2D eigenvalue weighted by atomic mass is 15.4. The minimum atomic E-state index is 0.331. The highest BCUT2D eigenvalue weighted by Gasteiger charge is 2.26. The summed E-state index contributed by atoms with van der Waals surface area (Å²) < 4.78 is 2.17. The molecular weight excluding hydrogens is 164 g/mol. The van der Waals surface area contributed by atoms with E-state index in [2.05, 4.69) is 28.3 Å². The molecule has 2 heterocycles. The van der Waals surface area contributed by atoms with Crippen LogP contribution in [0, 0.1) is 0 Å². The Morgan fingerprint density at radius 3 is 2.77 bits per heavy atom. The van der Waals surface area contributed by atoms with E-state index in [9.17, 15) is 0 Å². The zero-order valence-electron chi connectivity index (χ0n) is 8.14. The summed E-state index contributed by atoms with van der Waals surface area (Å²) in [5.74, 6) is 1.05. The molecule has 1 aromatic rings. The normalized spacial score (nSPS) is 18.0. The first kappa shape index (κ1) is 8.56. The maximum atomic E-state index is 5.72. The van der Waals surface area contributed by atoms with E-state index in [0.29, 0.717) is 12.1 Å². The van der Waals surface area contributed by atoms with Crippen molar-refractivity contribution >= 4 is 5.95 Å². The van der Waals surface area contributed by atoms with Crippen LogP contribution in [0.15, 0.2) is 12.4 Å². The largest absolute Gasteiger partial charge is 0.339 e. The van der Waals surface area contributed by atoms with Gasteiger partial charge in [-0.25, -0.2) is 4.98 Å². The molecular formula is C9H16N4. The number of anilines is 1. The third-order valence-electron chi connectivity index (χ3n) is 2.40. The molecule has 72 valence electrons. The fourth-order valence-electron chi connectivity index (χ4n) is 1.63. The van der Waals surface area contributed by atoms with Crippen molar-refractivity contribution in [2.24, 2.45) is 5.73 Å². The quantitative estimate of drug-likeness (QED) is 0.725. The van der Waals surface area contributed by atoms with E-state index in [0.717, 1.165) is 19.0 Å². The van der Waals surface area contributed by atoms with Gasteiger partial charge in [-0.3, -0.25) is 0 Å². The molecule has 0 bridgehead atoms. The Morgan fingerprint density at radius 2 is 2.23 bits per heavy atom. The third-order valence-corrected chi connectivity index (χ3v) is 2.40. The second-order valence-corrected chi connectivity index (χ2v) is 3.89. The van der Waals surface area contributed by atoms with Gasteiger partial charge in [-0.15, -0.1) is 0 Å². The highest BCUT2D eigenvalue weighted by Crippen LogP contribution is 2.21. The first-order valence-electron chi connectivity index (χ1n) is 4.72. The summed E-state index contributed by atoms with van der Waals surface area (Å²) in [4.78, 5) is 6.54. The van der Waals surface area contributed by atoms with E-state index in [4.69, 9.17) is 5.73 Å². The van der Waals surface area contributed by atoms with Gasteiger partial charge in [0.25, 0.3) is 0 Å². The molecule has 0 amide bonds. The minimum absolute atomic E-state index is 0.331. The predicted molar refractivity (Wildman–Crippen MR) is 52.8 cm³/mol. The molecule has 0 aromatic carbocycles. The number of rotatable bonds is 2. The summed E-state index contributed by atoms with van der Waals surface area (Å²) in [6, 6.07) is 0.798. The Bertz CT molecular complexity index is 286. The van der Waals surface area contributed by atoms with E-state index >= 15 is 0 Å². The summed E-state index contributed by atoms with van der Waals surface area (Å²) in [5.41, 5.74) is 5.72. The van der Waals surface area contributed by atoms with Crippen molar-refractivity contribution < 1.29 is 0 Å². The second-order valence-electron chi connectivity index (χ2n) is 3.89. The van der Waals surface area contributed by atoms with Crippen LogP contribution in [-0.4, -0.2) is 28.7 Å². The monoisotopic (exact) mass is 180 g/mol. The van der Waals surface area contributed by atoms with Crippen molar-refractivity contribution in [3.8, 4) is 0 Å². The van der Waals surface area contributed by atoms with Crippen molar-refractivity contribution in [2.75, 3.05) is 18.0 Å². The van der Waals surface area contributed by atoms with Gasteiger partial charge in [0.1, 0.15) is 0 Å². The van der Waals surface area contributed by atoms with Crippen molar-refractivity contribution in [3.05, 3.63) is 12.4 Å². The lowest BCUT2D eigenvalue weighted by atomic mass is 10.1. The fourth-order valence-corrected chi connectivity index (χ4v) is 1.63. The van der Waals surface area contributed by atoms with Gasteiger partial charge in [0.2, 0.25) is 5.95 Å². The molecule has 13 heavy (non-hydrogen) atoms. The van der Waals surface area contributed by atoms with Gasteiger partial charge in [0.05, 0.1) is 0 Å². The summed E-state index contributed by atoms with van der Waals surface area (Å²) in [6.45, 7) is 6.18. The zero-order chi connectivity index (χ0) is 9.42. The van der Waals surface area contributed by atoms with E-state index in [1.54, 1.807) is 0 Å². The number of imidazole rings is 1. The molecule has 2 N–H and O–H groups in total. The maximum Gasteiger partial charge on any atom is 0.205 e. The summed E-state index contributed by atoms with van der Waals surface area (Å²) >= 11 is 0. The molecule has 0 saturated carbocycles. The molecule has 0 spiro atoms. The molecule has 1 aliphatic rings. The average Bonchev–Trinajstić information content (AvgIpc) is 2.45.